The van der Waals surface area contributed by atoms with Gasteiger partial charge in [0.1, 0.15) is 17.5 Å². The second-order valence-electron chi connectivity index (χ2n) is 8.38. The molecule has 178 valence electrons. The van der Waals surface area contributed by atoms with Crippen molar-refractivity contribution in [3.63, 3.8) is 0 Å². The lowest BCUT2D eigenvalue weighted by Crippen LogP contribution is -2.27. The molecule has 0 bridgehead atoms. The summed E-state index contributed by atoms with van der Waals surface area (Å²) in [5.41, 5.74) is 14.4. The molecular formula is C25H29FN6O2. The highest BCUT2D eigenvalue weighted by atomic mass is 19.1. The number of nitrogens with one attached hydrogen (secondary N) is 1. The number of halogens is 1. The number of carbonyl (C=O) groups is 1. The third-order valence-corrected chi connectivity index (χ3v) is 6.02. The fourth-order valence-electron chi connectivity index (χ4n) is 4.34. The van der Waals surface area contributed by atoms with Crippen molar-refractivity contribution in [3.8, 4) is 0 Å². The normalized spacial score (nSPS) is 16.4. The molecule has 1 amide bonds. The number of carbonyl (C=O) groups excluding carboxylic acids is 1. The zero-order valence-electron chi connectivity index (χ0n) is 18.8. The number of rotatable bonds is 9. The molecule has 34 heavy (non-hydrogen) atoms. The van der Waals surface area contributed by atoms with Crippen molar-refractivity contribution < 1.29 is 14.3 Å². The summed E-state index contributed by atoms with van der Waals surface area (Å²) in [6.07, 6.45) is 2.47. The summed E-state index contributed by atoms with van der Waals surface area (Å²) in [6, 6.07) is 13.6. The van der Waals surface area contributed by atoms with E-state index in [0.29, 0.717) is 60.9 Å². The van der Waals surface area contributed by atoms with Gasteiger partial charge in [-0.25, -0.2) is 9.37 Å². The van der Waals surface area contributed by atoms with Crippen LogP contribution in [-0.2, 0) is 17.8 Å². The SMILES string of the molecule is NCc1ncccc1C(C(N)=O)c1ccc(N2CC[C@@H](O)C2)nc1NCCc1cccc(F)c1. The Morgan fingerprint density at radius 1 is 1.24 bits per heavy atom. The molecule has 8 nitrogen and oxygen atoms in total. The van der Waals surface area contributed by atoms with E-state index in [9.17, 15) is 14.3 Å². The predicted molar refractivity (Wildman–Crippen MR) is 129 cm³/mol. The molecule has 1 aliphatic rings. The molecule has 1 fully saturated rings. The van der Waals surface area contributed by atoms with Crippen LogP contribution >= 0.6 is 0 Å². The van der Waals surface area contributed by atoms with Gasteiger partial charge in [-0.1, -0.05) is 24.3 Å². The highest BCUT2D eigenvalue weighted by Crippen LogP contribution is 2.33. The number of benzene rings is 1. The Morgan fingerprint density at radius 3 is 2.79 bits per heavy atom. The van der Waals surface area contributed by atoms with Crippen LogP contribution in [0.1, 0.15) is 34.7 Å². The number of primary amides is 1. The van der Waals surface area contributed by atoms with E-state index in [-0.39, 0.29) is 12.4 Å². The molecular weight excluding hydrogens is 435 g/mol. The van der Waals surface area contributed by atoms with Crippen LogP contribution in [0.2, 0.25) is 0 Å². The summed E-state index contributed by atoms with van der Waals surface area (Å²) in [4.78, 5) is 23.8. The van der Waals surface area contributed by atoms with Gasteiger partial charge in [0, 0.05) is 37.9 Å². The van der Waals surface area contributed by atoms with E-state index in [1.165, 1.54) is 12.1 Å². The maximum atomic E-state index is 13.6. The summed E-state index contributed by atoms with van der Waals surface area (Å²) < 4.78 is 13.6. The van der Waals surface area contributed by atoms with E-state index in [4.69, 9.17) is 16.5 Å². The smallest absolute Gasteiger partial charge is 0.229 e. The number of aliphatic hydroxyl groups excluding tert-OH is 1. The van der Waals surface area contributed by atoms with Crippen LogP contribution in [0, 0.1) is 5.82 Å². The van der Waals surface area contributed by atoms with Gasteiger partial charge in [0.2, 0.25) is 5.91 Å². The maximum Gasteiger partial charge on any atom is 0.229 e. The first kappa shape index (κ1) is 23.6. The molecule has 0 spiro atoms. The van der Waals surface area contributed by atoms with Gasteiger partial charge in [0.25, 0.3) is 0 Å². The number of anilines is 2. The molecule has 2 atom stereocenters. The molecule has 6 N–H and O–H groups in total. The van der Waals surface area contributed by atoms with Crippen LogP contribution < -0.4 is 21.7 Å². The zero-order valence-corrected chi connectivity index (χ0v) is 18.8. The van der Waals surface area contributed by atoms with Gasteiger partial charge in [-0.15, -0.1) is 0 Å². The molecule has 2 aromatic heterocycles. The van der Waals surface area contributed by atoms with Gasteiger partial charge in [-0.3, -0.25) is 9.78 Å². The summed E-state index contributed by atoms with van der Waals surface area (Å²) in [6.45, 7) is 1.82. The summed E-state index contributed by atoms with van der Waals surface area (Å²) in [5, 5.41) is 13.3. The van der Waals surface area contributed by atoms with Crippen molar-refractivity contribution >= 4 is 17.5 Å². The van der Waals surface area contributed by atoms with Crippen LogP contribution in [0.25, 0.3) is 0 Å². The maximum absolute atomic E-state index is 13.6. The first-order valence-corrected chi connectivity index (χ1v) is 11.3. The molecule has 0 aliphatic carbocycles. The molecule has 3 aromatic rings. The molecule has 0 saturated carbocycles. The van der Waals surface area contributed by atoms with Gasteiger partial charge in [-0.2, -0.15) is 0 Å². The Hall–Kier alpha value is -3.56. The summed E-state index contributed by atoms with van der Waals surface area (Å²) in [7, 11) is 0. The molecule has 4 rings (SSSR count). The first-order valence-electron chi connectivity index (χ1n) is 11.3. The van der Waals surface area contributed by atoms with Crippen LogP contribution in [0.5, 0.6) is 0 Å². The molecule has 3 heterocycles. The molecule has 1 saturated heterocycles. The largest absolute Gasteiger partial charge is 0.391 e. The number of β-amino-alcohol motifs (C(OH)–C–C–N with tert-alkyl or cyclic N) is 1. The fourth-order valence-corrected chi connectivity index (χ4v) is 4.34. The van der Waals surface area contributed by atoms with Gasteiger partial charge < -0.3 is 26.8 Å². The summed E-state index contributed by atoms with van der Waals surface area (Å²) in [5.74, 6) is -0.421. The average Bonchev–Trinajstić information content (AvgIpc) is 3.26. The van der Waals surface area contributed by atoms with Crippen molar-refractivity contribution in [1.82, 2.24) is 9.97 Å². The van der Waals surface area contributed by atoms with Crippen molar-refractivity contribution in [2.45, 2.75) is 31.4 Å². The Bertz CT molecular complexity index is 1160. The van der Waals surface area contributed by atoms with Crippen molar-refractivity contribution in [2.24, 2.45) is 11.5 Å². The minimum Gasteiger partial charge on any atom is -0.391 e. The van der Waals surface area contributed by atoms with Gasteiger partial charge in [0.15, 0.2) is 0 Å². The topological polar surface area (TPSA) is 130 Å². The Morgan fingerprint density at radius 2 is 2.09 bits per heavy atom. The number of pyridine rings is 2. The summed E-state index contributed by atoms with van der Waals surface area (Å²) >= 11 is 0. The number of nitrogens with two attached hydrogens (primary N) is 2. The minimum atomic E-state index is -0.797. The van der Waals surface area contributed by atoms with E-state index in [1.807, 2.05) is 23.1 Å². The van der Waals surface area contributed by atoms with E-state index in [1.54, 1.807) is 24.4 Å². The fraction of sp³-hybridized carbons (Fsp3) is 0.320. The van der Waals surface area contributed by atoms with Crippen LogP contribution in [0.4, 0.5) is 16.0 Å². The lowest BCUT2D eigenvalue weighted by Gasteiger charge is -2.23. The van der Waals surface area contributed by atoms with E-state index in [2.05, 4.69) is 10.3 Å². The lowest BCUT2D eigenvalue weighted by atomic mass is 9.89. The number of amides is 1. The van der Waals surface area contributed by atoms with Crippen LogP contribution in [-0.4, -0.2) is 46.7 Å². The van der Waals surface area contributed by atoms with Crippen molar-refractivity contribution in [2.75, 3.05) is 29.9 Å². The standard InChI is InChI=1S/C25H29FN6O2/c26-17-4-1-3-16(13-17)8-11-30-25-20(6-7-22(31-25)32-12-9-18(33)15-32)23(24(28)34)19-5-2-10-29-21(19)14-27/h1-7,10,13,18,23,33H,8-9,11-12,14-15,27H2,(H2,28,34)(H,30,31)/t18-,23?/m1/s1. The van der Waals surface area contributed by atoms with Gasteiger partial charge >= 0.3 is 0 Å². The van der Waals surface area contributed by atoms with Gasteiger partial charge in [-0.05, 0) is 48.2 Å². The predicted octanol–water partition coefficient (Wildman–Crippen LogP) is 1.92. The number of hydrogen-bond donors (Lipinski definition) is 4. The lowest BCUT2D eigenvalue weighted by molar-refractivity contribution is -0.118. The highest BCUT2D eigenvalue weighted by Gasteiger charge is 2.28. The quantitative estimate of drug-likeness (QED) is 0.381. The number of nitrogens with zero attached hydrogens (tertiary/aromatic N) is 3. The van der Waals surface area contributed by atoms with Crippen molar-refractivity contribution in [3.05, 3.63) is 82.9 Å². The van der Waals surface area contributed by atoms with Crippen molar-refractivity contribution in [1.29, 1.82) is 0 Å². The number of hydrogen-bond acceptors (Lipinski definition) is 7. The molecule has 0 radical (unpaired) electrons. The van der Waals surface area contributed by atoms with E-state index >= 15 is 0 Å². The first-order chi connectivity index (χ1) is 16.5. The minimum absolute atomic E-state index is 0.166. The molecule has 1 aliphatic heterocycles. The Labute approximate surface area is 197 Å². The molecule has 1 unspecified atom stereocenters. The van der Waals surface area contributed by atoms with Crippen LogP contribution in [0.3, 0.4) is 0 Å². The number of aliphatic hydroxyl groups is 1. The second-order valence-corrected chi connectivity index (χ2v) is 8.38. The third kappa shape index (κ3) is 5.32. The highest BCUT2D eigenvalue weighted by molar-refractivity contribution is 5.87. The van der Waals surface area contributed by atoms with E-state index in [0.717, 1.165) is 5.56 Å². The number of aromatic nitrogens is 2. The van der Waals surface area contributed by atoms with E-state index < -0.39 is 17.9 Å². The monoisotopic (exact) mass is 464 g/mol. The average molecular weight is 465 g/mol. The Balaban J connectivity index is 1.68. The molecule has 1 aromatic carbocycles. The second kappa shape index (κ2) is 10.6. The van der Waals surface area contributed by atoms with Crippen LogP contribution in [0.15, 0.2) is 54.7 Å². The molecule has 9 heteroatoms. The van der Waals surface area contributed by atoms with Gasteiger partial charge in [0.05, 0.1) is 17.7 Å². The zero-order chi connectivity index (χ0) is 24.1. The Kier molecular flexibility index (Phi) is 7.34. The third-order valence-electron chi connectivity index (χ3n) is 6.02.